The standard InChI is InChI=1S/C17H23NO2/c1-11-3-4-12(9-15(11)20-2)10-16(19)18-17(13-5-6-13)14-7-8-14/h3-4,9,13-14,17H,5-8,10H2,1-2H3,(H,18,19). The number of benzene rings is 1. The molecule has 1 N–H and O–H groups in total. The number of nitrogens with one attached hydrogen (secondary N) is 1. The van der Waals surface area contributed by atoms with Crippen molar-refractivity contribution in [2.24, 2.45) is 11.8 Å². The van der Waals surface area contributed by atoms with Crippen molar-refractivity contribution in [3.8, 4) is 5.75 Å². The third-order valence-corrected chi connectivity index (χ3v) is 4.42. The summed E-state index contributed by atoms with van der Waals surface area (Å²) in [5.74, 6) is 2.51. The summed E-state index contributed by atoms with van der Waals surface area (Å²) in [5, 5.41) is 3.26. The molecule has 0 heterocycles. The zero-order valence-electron chi connectivity index (χ0n) is 12.3. The van der Waals surface area contributed by atoms with E-state index in [1.165, 1.54) is 25.7 Å². The zero-order valence-corrected chi connectivity index (χ0v) is 12.3. The maximum Gasteiger partial charge on any atom is 0.224 e. The molecule has 3 heteroatoms. The van der Waals surface area contributed by atoms with Crippen LogP contribution in [0.5, 0.6) is 5.75 Å². The highest BCUT2D eigenvalue weighted by Gasteiger charge is 2.42. The Hall–Kier alpha value is -1.51. The van der Waals surface area contributed by atoms with Crippen LogP contribution in [0.15, 0.2) is 18.2 Å². The first-order valence-electron chi connectivity index (χ1n) is 7.60. The minimum atomic E-state index is 0.153. The molecule has 108 valence electrons. The number of carbonyl (C=O) groups is 1. The maximum atomic E-state index is 12.2. The molecule has 0 aromatic heterocycles. The van der Waals surface area contributed by atoms with E-state index < -0.39 is 0 Å². The molecule has 0 unspecified atom stereocenters. The van der Waals surface area contributed by atoms with Crippen LogP contribution in [-0.4, -0.2) is 19.1 Å². The number of carbonyl (C=O) groups excluding carboxylic acids is 1. The van der Waals surface area contributed by atoms with Crippen molar-refractivity contribution >= 4 is 5.91 Å². The van der Waals surface area contributed by atoms with Gasteiger partial charge in [0.1, 0.15) is 5.75 Å². The van der Waals surface area contributed by atoms with Gasteiger partial charge in [0, 0.05) is 6.04 Å². The molecule has 2 fully saturated rings. The molecule has 0 atom stereocenters. The average molecular weight is 273 g/mol. The van der Waals surface area contributed by atoms with Crippen molar-refractivity contribution in [1.29, 1.82) is 0 Å². The fourth-order valence-corrected chi connectivity index (χ4v) is 2.93. The Balaban J connectivity index is 1.60. The van der Waals surface area contributed by atoms with E-state index in [9.17, 15) is 4.79 Å². The van der Waals surface area contributed by atoms with E-state index in [2.05, 4.69) is 5.32 Å². The first kappa shape index (κ1) is 13.5. The number of aryl methyl sites for hydroxylation is 1. The van der Waals surface area contributed by atoms with Crippen LogP contribution in [0.25, 0.3) is 0 Å². The maximum absolute atomic E-state index is 12.2. The summed E-state index contributed by atoms with van der Waals surface area (Å²) in [4.78, 5) is 12.2. The van der Waals surface area contributed by atoms with Crippen molar-refractivity contribution in [1.82, 2.24) is 5.32 Å². The van der Waals surface area contributed by atoms with Crippen molar-refractivity contribution in [3.63, 3.8) is 0 Å². The summed E-state index contributed by atoms with van der Waals surface area (Å²) in [6.45, 7) is 2.01. The second-order valence-electron chi connectivity index (χ2n) is 6.25. The lowest BCUT2D eigenvalue weighted by Crippen LogP contribution is -2.38. The Morgan fingerprint density at radius 2 is 1.95 bits per heavy atom. The molecule has 2 aliphatic carbocycles. The summed E-state index contributed by atoms with van der Waals surface area (Å²) in [5.41, 5.74) is 2.13. The van der Waals surface area contributed by atoms with Crippen LogP contribution in [0.3, 0.4) is 0 Å². The quantitative estimate of drug-likeness (QED) is 0.865. The van der Waals surface area contributed by atoms with Gasteiger partial charge in [-0.1, -0.05) is 12.1 Å². The van der Waals surface area contributed by atoms with Crippen molar-refractivity contribution in [2.75, 3.05) is 7.11 Å². The van der Waals surface area contributed by atoms with Gasteiger partial charge in [0.15, 0.2) is 0 Å². The van der Waals surface area contributed by atoms with Crippen LogP contribution in [0.2, 0.25) is 0 Å². The lowest BCUT2D eigenvalue weighted by molar-refractivity contribution is -0.121. The second-order valence-corrected chi connectivity index (χ2v) is 6.25. The molecule has 0 bridgehead atoms. The number of rotatable bonds is 6. The lowest BCUT2D eigenvalue weighted by atomic mass is 10.1. The largest absolute Gasteiger partial charge is 0.496 e. The first-order chi connectivity index (χ1) is 9.67. The van der Waals surface area contributed by atoms with Crippen LogP contribution < -0.4 is 10.1 Å². The highest BCUT2D eigenvalue weighted by Crippen LogP contribution is 2.44. The molecule has 1 amide bonds. The van der Waals surface area contributed by atoms with Gasteiger partial charge in [-0.25, -0.2) is 0 Å². The highest BCUT2D eigenvalue weighted by atomic mass is 16.5. The minimum Gasteiger partial charge on any atom is -0.496 e. The minimum absolute atomic E-state index is 0.153. The van der Waals surface area contributed by atoms with Crippen LogP contribution >= 0.6 is 0 Å². The predicted molar refractivity (Wildman–Crippen MR) is 78.8 cm³/mol. The molecular weight excluding hydrogens is 250 g/mol. The van der Waals surface area contributed by atoms with E-state index in [-0.39, 0.29) is 5.91 Å². The van der Waals surface area contributed by atoms with Gasteiger partial charge in [-0.2, -0.15) is 0 Å². The molecule has 1 aromatic carbocycles. The monoisotopic (exact) mass is 273 g/mol. The van der Waals surface area contributed by atoms with Gasteiger partial charge in [-0.05, 0) is 61.6 Å². The molecule has 1 aromatic rings. The Kier molecular flexibility index (Phi) is 3.68. The summed E-state index contributed by atoms with van der Waals surface area (Å²) in [6, 6.07) is 6.44. The first-order valence-corrected chi connectivity index (χ1v) is 7.60. The summed E-state index contributed by atoms with van der Waals surface area (Å²) in [6.07, 6.45) is 5.62. The van der Waals surface area contributed by atoms with Gasteiger partial charge in [-0.3, -0.25) is 4.79 Å². The number of ether oxygens (including phenoxy) is 1. The molecule has 3 rings (SSSR count). The Labute approximate surface area is 120 Å². The molecule has 20 heavy (non-hydrogen) atoms. The SMILES string of the molecule is COc1cc(CC(=O)NC(C2CC2)C2CC2)ccc1C. The molecule has 2 saturated carbocycles. The Bertz CT molecular complexity index is 492. The summed E-state index contributed by atoms with van der Waals surface area (Å²) in [7, 11) is 1.67. The van der Waals surface area contributed by atoms with E-state index in [0.717, 1.165) is 28.7 Å². The van der Waals surface area contributed by atoms with Crippen LogP contribution in [0, 0.1) is 18.8 Å². The number of methoxy groups -OCH3 is 1. The highest BCUT2D eigenvalue weighted by molar-refractivity contribution is 5.79. The smallest absolute Gasteiger partial charge is 0.224 e. The molecule has 2 aliphatic rings. The van der Waals surface area contributed by atoms with Gasteiger partial charge >= 0.3 is 0 Å². The third-order valence-electron chi connectivity index (χ3n) is 4.42. The molecule has 0 aliphatic heterocycles. The van der Waals surface area contributed by atoms with Gasteiger partial charge in [0.05, 0.1) is 13.5 Å². The lowest BCUT2D eigenvalue weighted by Gasteiger charge is -2.17. The fourth-order valence-electron chi connectivity index (χ4n) is 2.93. The Morgan fingerprint density at radius 3 is 2.50 bits per heavy atom. The zero-order chi connectivity index (χ0) is 14.1. The van der Waals surface area contributed by atoms with Crippen LogP contribution in [0.4, 0.5) is 0 Å². The topological polar surface area (TPSA) is 38.3 Å². The summed E-state index contributed by atoms with van der Waals surface area (Å²) < 4.78 is 5.31. The van der Waals surface area contributed by atoms with Gasteiger partial charge in [-0.15, -0.1) is 0 Å². The number of amides is 1. The molecule has 3 nitrogen and oxygen atoms in total. The second kappa shape index (κ2) is 5.47. The van der Waals surface area contributed by atoms with E-state index in [1.807, 2.05) is 25.1 Å². The molecular formula is C17H23NO2. The van der Waals surface area contributed by atoms with Crippen molar-refractivity contribution in [2.45, 2.75) is 45.1 Å². The molecule has 0 spiro atoms. The third kappa shape index (κ3) is 3.14. The van der Waals surface area contributed by atoms with E-state index in [4.69, 9.17) is 4.74 Å². The van der Waals surface area contributed by atoms with Crippen molar-refractivity contribution < 1.29 is 9.53 Å². The number of hydrogen-bond acceptors (Lipinski definition) is 2. The van der Waals surface area contributed by atoms with Gasteiger partial charge < -0.3 is 10.1 Å². The predicted octanol–water partition coefficient (Wildman–Crippen LogP) is 2.85. The Morgan fingerprint density at radius 1 is 1.30 bits per heavy atom. The normalized spacial score (nSPS) is 18.1. The number of hydrogen-bond donors (Lipinski definition) is 1. The average Bonchev–Trinajstić information content (AvgIpc) is 3.29. The van der Waals surface area contributed by atoms with E-state index >= 15 is 0 Å². The summed E-state index contributed by atoms with van der Waals surface area (Å²) >= 11 is 0. The van der Waals surface area contributed by atoms with E-state index in [1.54, 1.807) is 7.11 Å². The van der Waals surface area contributed by atoms with Crippen LogP contribution in [-0.2, 0) is 11.2 Å². The molecule has 0 radical (unpaired) electrons. The van der Waals surface area contributed by atoms with E-state index in [0.29, 0.717) is 12.5 Å². The van der Waals surface area contributed by atoms with Crippen molar-refractivity contribution in [3.05, 3.63) is 29.3 Å². The van der Waals surface area contributed by atoms with Gasteiger partial charge in [0.2, 0.25) is 5.91 Å². The fraction of sp³-hybridized carbons (Fsp3) is 0.588. The van der Waals surface area contributed by atoms with Crippen LogP contribution in [0.1, 0.15) is 36.8 Å². The molecule has 0 saturated heterocycles. The van der Waals surface area contributed by atoms with Gasteiger partial charge in [0.25, 0.3) is 0 Å².